The molecule has 8 nitrogen and oxygen atoms in total. The van der Waals surface area contributed by atoms with Crippen LogP contribution in [-0.4, -0.2) is 44.5 Å². The van der Waals surface area contributed by atoms with Gasteiger partial charge in [-0.15, -0.1) is 0 Å². The van der Waals surface area contributed by atoms with E-state index in [9.17, 15) is 26.7 Å². The van der Waals surface area contributed by atoms with Crippen molar-refractivity contribution in [2.45, 2.75) is 38.9 Å². The van der Waals surface area contributed by atoms with Gasteiger partial charge in [-0.3, -0.25) is 4.79 Å². The molecule has 2 aromatic heterocycles. The van der Waals surface area contributed by atoms with Gasteiger partial charge in [0.05, 0.1) is 22.3 Å². The van der Waals surface area contributed by atoms with Crippen molar-refractivity contribution in [3.63, 3.8) is 0 Å². The zero-order valence-corrected chi connectivity index (χ0v) is 23.1. The smallest absolute Gasteiger partial charge is 0.419 e. The number of likely N-dealkylation sites (tertiary alicyclic amines) is 1. The summed E-state index contributed by atoms with van der Waals surface area (Å²) in [6.07, 6.45) is -1.93. The lowest BCUT2D eigenvalue weighted by molar-refractivity contribution is -0.140. The second-order valence-corrected chi connectivity index (χ2v) is 10.5. The van der Waals surface area contributed by atoms with Gasteiger partial charge < -0.3 is 24.8 Å². The van der Waals surface area contributed by atoms with Crippen LogP contribution in [0.3, 0.4) is 0 Å². The van der Waals surface area contributed by atoms with Crippen LogP contribution in [0, 0.1) is 17.6 Å². The highest BCUT2D eigenvalue weighted by molar-refractivity contribution is 5.92. The lowest BCUT2D eigenvalue weighted by atomic mass is 9.95. The average molecular weight is 589 g/mol. The Bertz CT molecular complexity index is 1610. The molecule has 0 aliphatic carbocycles. The molecule has 13 heteroatoms. The topological polar surface area (TPSA) is 84.3 Å². The number of ether oxygens (including phenoxy) is 1. The molecule has 3 heterocycles. The maximum absolute atomic E-state index is 14.3. The molecule has 1 amide bonds. The van der Waals surface area contributed by atoms with Crippen molar-refractivity contribution < 1.29 is 31.5 Å². The number of nitrogens with zero attached hydrogens (tertiary/aromatic N) is 4. The van der Waals surface area contributed by atoms with E-state index in [1.807, 2.05) is 0 Å². The van der Waals surface area contributed by atoms with Crippen molar-refractivity contribution in [2.24, 2.45) is 13.0 Å². The average Bonchev–Trinajstić information content (AvgIpc) is 3.23. The SMILES string of the molecule is CC(C)N1CCC(C(=O)Nc2cc(Oc3ccc4c(c3)nc(Nc3cc(C(F)(F)F)c(F)cc3F)n4C)ccn2)CC1. The molecule has 4 aromatic rings. The summed E-state index contributed by atoms with van der Waals surface area (Å²) in [7, 11) is 1.59. The van der Waals surface area contributed by atoms with Gasteiger partial charge in [0, 0.05) is 43.4 Å². The van der Waals surface area contributed by atoms with Crippen LogP contribution in [0.2, 0.25) is 0 Å². The Hall–Kier alpha value is -4.26. The lowest BCUT2D eigenvalue weighted by Crippen LogP contribution is -2.41. The summed E-state index contributed by atoms with van der Waals surface area (Å²) in [5.74, 6) is -1.88. The largest absolute Gasteiger partial charge is 0.457 e. The molecule has 0 unspecified atom stereocenters. The second kappa shape index (κ2) is 11.6. The van der Waals surface area contributed by atoms with Crippen LogP contribution in [0.1, 0.15) is 32.3 Å². The van der Waals surface area contributed by atoms with Crippen LogP contribution in [0.15, 0.2) is 48.7 Å². The minimum Gasteiger partial charge on any atom is -0.457 e. The third-order valence-electron chi connectivity index (χ3n) is 7.31. The molecular weight excluding hydrogens is 559 g/mol. The first-order valence-electron chi connectivity index (χ1n) is 13.4. The number of anilines is 3. The highest BCUT2D eigenvalue weighted by Crippen LogP contribution is 2.35. The summed E-state index contributed by atoms with van der Waals surface area (Å²) in [5.41, 5.74) is -1.18. The Morgan fingerprint density at radius 3 is 2.43 bits per heavy atom. The standard InChI is InChI=1S/C29H29F5N6O2/c1-16(2)40-10-7-17(8-11-40)27(41)38-26-13-19(6-9-35-26)42-18-4-5-25-24(12-18)37-28(39(25)3)36-23-14-20(29(32,33)34)21(30)15-22(23)31/h4-6,9,12-17H,7-8,10-11H2,1-3H3,(H,36,37)(H,35,38,41). The van der Waals surface area contributed by atoms with Crippen LogP contribution in [0.4, 0.5) is 39.4 Å². The highest BCUT2D eigenvalue weighted by atomic mass is 19.4. The molecule has 222 valence electrons. The maximum Gasteiger partial charge on any atom is 0.419 e. The molecule has 0 spiro atoms. The number of nitrogens with one attached hydrogen (secondary N) is 2. The molecule has 1 aliphatic heterocycles. The van der Waals surface area contributed by atoms with E-state index in [0.717, 1.165) is 25.9 Å². The number of piperidine rings is 1. The molecule has 0 radical (unpaired) electrons. The van der Waals surface area contributed by atoms with E-state index in [1.165, 1.54) is 10.8 Å². The first-order valence-corrected chi connectivity index (χ1v) is 13.4. The number of benzene rings is 2. The Labute approximate surface area is 238 Å². The third-order valence-corrected chi connectivity index (χ3v) is 7.31. The van der Waals surface area contributed by atoms with Gasteiger partial charge in [0.25, 0.3) is 0 Å². The van der Waals surface area contributed by atoms with Gasteiger partial charge in [-0.05, 0) is 64.0 Å². The Kier molecular flexibility index (Phi) is 8.04. The molecule has 42 heavy (non-hydrogen) atoms. The fourth-order valence-corrected chi connectivity index (χ4v) is 4.92. The first-order chi connectivity index (χ1) is 19.9. The number of carbonyl (C=O) groups is 1. The van der Waals surface area contributed by atoms with Crippen LogP contribution in [0.5, 0.6) is 11.5 Å². The van der Waals surface area contributed by atoms with Crippen molar-refractivity contribution in [1.82, 2.24) is 19.4 Å². The summed E-state index contributed by atoms with van der Waals surface area (Å²) in [6.45, 7) is 6.02. The summed E-state index contributed by atoms with van der Waals surface area (Å²) in [6, 6.07) is 9.17. The molecule has 1 saturated heterocycles. The summed E-state index contributed by atoms with van der Waals surface area (Å²) >= 11 is 0. The molecule has 2 N–H and O–H groups in total. The lowest BCUT2D eigenvalue weighted by Gasteiger charge is -2.33. The Morgan fingerprint density at radius 2 is 1.74 bits per heavy atom. The number of imidazole rings is 1. The highest BCUT2D eigenvalue weighted by Gasteiger charge is 2.35. The number of aryl methyl sites for hydroxylation is 1. The number of halogens is 5. The minimum atomic E-state index is -4.99. The maximum atomic E-state index is 14.3. The van der Waals surface area contributed by atoms with Crippen molar-refractivity contribution >= 4 is 34.4 Å². The van der Waals surface area contributed by atoms with Crippen LogP contribution in [-0.2, 0) is 18.0 Å². The van der Waals surface area contributed by atoms with Gasteiger partial charge >= 0.3 is 6.18 Å². The fraction of sp³-hybridized carbons (Fsp3) is 0.345. The van der Waals surface area contributed by atoms with Gasteiger partial charge in [0.1, 0.15) is 29.0 Å². The number of fused-ring (bicyclic) bond motifs is 1. The van der Waals surface area contributed by atoms with Gasteiger partial charge in [0.2, 0.25) is 11.9 Å². The van der Waals surface area contributed by atoms with Gasteiger partial charge in [0.15, 0.2) is 0 Å². The van der Waals surface area contributed by atoms with Crippen LogP contribution < -0.4 is 15.4 Å². The van der Waals surface area contributed by atoms with E-state index in [4.69, 9.17) is 4.74 Å². The number of aromatic nitrogens is 3. The number of hydrogen-bond donors (Lipinski definition) is 2. The Balaban J connectivity index is 1.29. The summed E-state index contributed by atoms with van der Waals surface area (Å²) < 4.78 is 74.8. The van der Waals surface area contributed by atoms with Crippen molar-refractivity contribution in [1.29, 1.82) is 0 Å². The number of amides is 1. The fourth-order valence-electron chi connectivity index (χ4n) is 4.92. The Morgan fingerprint density at radius 1 is 1.02 bits per heavy atom. The van der Waals surface area contributed by atoms with E-state index in [0.29, 0.717) is 40.5 Å². The minimum absolute atomic E-state index is 0.0360. The van der Waals surface area contributed by atoms with Crippen molar-refractivity contribution in [3.8, 4) is 11.5 Å². The number of pyridine rings is 1. The number of hydrogen-bond acceptors (Lipinski definition) is 6. The number of rotatable bonds is 7. The second-order valence-electron chi connectivity index (χ2n) is 10.5. The van der Waals surface area contributed by atoms with Gasteiger partial charge in [-0.2, -0.15) is 13.2 Å². The van der Waals surface area contributed by atoms with E-state index in [2.05, 4.69) is 39.3 Å². The summed E-state index contributed by atoms with van der Waals surface area (Å²) in [4.78, 5) is 23.7. The van der Waals surface area contributed by atoms with E-state index >= 15 is 0 Å². The zero-order chi connectivity index (χ0) is 30.2. The van der Waals surface area contributed by atoms with Crippen molar-refractivity contribution in [2.75, 3.05) is 23.7 Å². The van der Waals surface area contributed by atoms with Crippen LogP contribution >= 0.6 is 0 Å². The van der Waals surface area contributed by atoms with E-state index in [-0.39, 0.29) is 23.8 Å². The normalized spacial score (nSPS) is 14.9. The predicted octanol–water partition coefficient (Wildman–Crippen LogP) is 6.86. The molecule has 0 bridgehead atoms. The van der Waals surface area contributed by atoms with Gasteiger partial charge in [-0.1, -0.05) is 0 Å². The van der Waals surface area contributed by atoms with E-state index in [1.54, 1.807) is 37.4 Å². The third kappa shape index (κ3) is 6.30. The zero-order valence-electron chi connectivity index (χ0n) is 23.1. The van der Waals surface area contributed by atoms with Crippen LogP contribution in [0.25, 0.3) is 11.0 Å². The molecular formula is C29H29F5N6O2. The molecule has 0 saturated carbocycles. The molecule has 2 aromatic carbocycles. The predicted molar refractivity (Wildman–Crippen MR) is 148 cm³/mol. The van der Waals surface area contributed by atoms with E-state index < -0.39 is 29.1 Å². The quantitative estimate of drug-likeness (QED) is 0.230. The van der Waals surface area contributed by atoms with Crippen molar-refractivity contribution in [3.05, 3.63) is 65.9 Å². The molecule has 1 fully saturated rings. The monoisotopic (exact) mass is 588 g/mol. The molecule has 1 aliphatic rings. The summed E-state index contributed by atoms with van der Waals surface area (Å²) in [5, 5.41) is 5.39. The number of alkyl halides is 3. The molecule has 5 rings (SSSR count). The number of carbonyl (C=O) groups excluding carboxylic acids is 1. The first kappa shape index (κ1) is 29.2. The van der Waals surface area contributed by atoms with Gasteiger partial charge in [-0.25, -0.2) is 18.7 Å². The molecule has 0 atom stereocenters.